The zero-order valence-electron chi connectivity index (χ0n) is 14.9. The van der Waals surface area contributed by atoms with Gasteiger partial charge in [-0.1, -0.05) is 66.8 Å². The van der Waals surface area contributed by atoms with Crippen molar-refractivity contribution in [3.05, 3.63) is 83.5 Å². The summed E-state index contributed by atoms with van der Waals surface area (Å²) in [7, 11) is 0. The number of hydrogen-bond donors (Lipinski definition) is 1. The summed E-state index contributed by atoms with van der Waals surface area (Å²) in [6.07, 6.45) is 4.70. The minimum absolute atomic E-state index is 0.292. The molecule has 5 nitrogen and oxygen atoms in total. The first-order chi connectivity index (χ1) is 13.1. The van der Waals surface area contributed by atoms with Gasteiger partial charge in [-0.05, 0) is 29.7 Å². The number of carbonyl (C=O) groups is 1. The van der Waals surface area contributed by atoms with Crippen molar-refractivity contribution in [1.29, 1.82) is 0 Å². The smallest absolute Gasteiger partial charge is 0.336 e. The first kappa shape index (κ1) is 18.7. The van der Waals surface area contributed by atoms with E-state index in [1.54, 1.807) is 12.1 Å². The van der Waals surface area contributed by atoms with Crippen LogP contribution in [0.15, 0.2) is 60.7 Å². The van der Waals surface area contributed by atoms with Crippen LogP contribution in [0.4, 0.5) is 0 Å². The van der Waals surface area contributed by atoms with E-state index in [-0.39, 0.29) is 0 Å². The predicted octanol–water partition coefficient (Wildman–Crippen LogP) is 4.16. The fourth-order valence-corrected chi connectivity index (χ4v) is 2.93. The number of aromatic carboxylic acids is 1. The van der Waals surface area contributed by atoms with Crippen molar-refractivity contribution >= 4 is 23.6 Å². The van der Waals surface area contributed by atoms with Crippen LogP contribution in [-0.2, 0) is 13.0 Å². The van der Waals surface area contributed by atoms with E-state index < -0.39 is 5.97 Å². The summed E-state index contributed by atoms with van der Waals surface area (Å²) in [6.45, 7) is 2.54. The van der Waals surface area contributed by atoms with Crippen molar-refractivity contribution in [3.8, 4) is 11.1 Å². The molecule has 0 saturated carbocycles. The van der Waals surface area contributed by atoms with Crippen molar-refractivity contribution < 1.29 is 9.90 Å². The van der Waals surface area contributed by atoms with Crippen LogP contribution in [0.5, 0.6) is 0 Å². The molecule has 0 fully saturated rings. The number of aromatic nitrogens is 3. The van der Waals surface area contributed by atoms with Crippen LogP contribution in [0.1, 0.15) is 34.5 Å². The summed E-state index contributed by atoms with van der Waals surface area (Å²) in [5, 5.41) is 15.3. The van der Waals surface area contributed by atoms with Crippen molar-refractivity contribution in [3.63, 3.8) is 0 Å². The molecule has 0 aliphatic heterocycles. The van der Waals surface area contributed by atoms with E-state index in [4.69, 9.17) is 12.2 Å². The van der Waals surface area contributed by atoms with Gasteiger partial charge < -0.3 is 5.11 Å². The molecule has 27 heavy (non-hydrogen) atoms. The number of carboxylic acids is 1. The molecule has 0 bridgehead atoms. The molecule has 0 aliphatic carbocycles. The largest absolute Gasteiger partial charge is 0.478 e. The summed E-state index contributed by atoms with van der Waals surface area (Å²) in [4.78, 5) is 15.9. The third kappa shape index (κ3) is 4.35. The van der Waals surface area contributed by atoms with Gasteiger partial charge in [-0.2, -0.15) is 5.10 Å². The molecular formula is C21H19N3O2S. The molecule has 1 heterocycles. The summed E-state index contributed by atoms with van der Waals surface area (Å²) < 4.78 is 1.85. The van der Waals surface area contributed by atoms with E-state index in [1.165, 1.54) is 5.37 Å². The van der Waals surface area contributed by atoms with Crippen molar-refractivity contribution in [2.75, 3.05) is 0 Å². The monoisotopic (exact) mass is 377 g/mol. The molecule has 0 aliphatic rings. The molecule has 0 radical (unpaired) electrons. The maximum Gasteiger partial charge on any atom is 0.336 e. The van der Waals surface area contributed by atoms with Gasteiger partial charge in [0.05, 0.1) is 12.1 Å². The number of rotatable bonds is 7. The first-order valence-electron chi connectivity index (χ1n) is 8.54. The molecule has 136 valence electrons. The number of thiocarbonyl (C=S) groups is 1. The van der Waals surface area contributed by atoms with Crippen molar-refractivity contribution in [1.82, 2.24) is 14.8 Å². The molecule has 0 unspecified atom stereocenters. The van der Waals surface area contributed by atoms with Gasteiger partial charge in [0.1, 0.15) is 5.82 Å². The minimum Gasteiger partial charge on any atom is -0.478 e. The molecule has 0 saturated heterocycles. The van der Waals surface area contributed by atoms with E-state index in [2.05, 4.69) is 10.1 Å². The first-order valence-corrected chi connectivity index (χ1v) is 9.01. The maximum atomic E-state index is 11.4. The minimum atomic E-state index is -0.932. The number of nitrogens with zero attached hydrogens (tertiary/aromatic N) is 3. The summed E-state index contributed by atoms with van der Waals surface area (Å²) in [5.74, 6) is 0.458. The Morgan fingerprint density at radius 3 is 2.59 bits per heavy atom. The van der Waals surface area contributed by atoms with Gasteiger partial charge in [0.15, 0.2) is 5.82 Å². The second-order valence-corrected chi connectivity index (χ2v) is 6.22. The average molecular weight is 377 g/mol. The fraction of sp³-hybridized carbons (Fsp3) is 0.143. The highest BCUT2D eigenvalue weighted by Crippen LogP contribution is 2.24. The normalized spacial score (nSPS) is 11.0. The Morgan fingerprint density at radius 1 is 1.19 bits per heavy atom. The standard InChI is InChI=1S/C21H19N3O2S/c1-2-3-8-20-22-19(14-27)23-24(20)13-15-9-11-16(12-10-15)17-6-4-5-7-18(17)21(25)26/h2-7,9-12,14H,8,13H2,1H3,(H,25,26). The van der Waals surface area contributed by atoms with Crippen LogP contribution in [-0.4, -0.2) is 31.2 Å². The number of allylic oxidation sites excluding steroid dienone is 2. The van der Waals surface area contributed by atoms with Crippen LogP contribution in [0.2, 0.25) is 0 Å². The lowest BCUT2D eigenvalue weighted by molar-refractivity contribution is 0.0697. The van der Waals surface area contributed by atoms with Gasteiger partial charge in [-0.3, -0.25) is 0 Å². The van der Waals surface area contributed by atoms with Gasteiger partial charge in [-0.15, -0.1) is 0 Å². The fourth-order valence-electron chi connectivity index (χ4n) is 2.83. The quantitative estimate of drug-likeness (QED) is 0.495. The van der Waals surface area contributed by atoms with Crippen LogP contribution >= 0.6 is 12.2 Å². The highest BCUT2D eigenvalue weighted by molar-refractivity contribution is 7.79. The second kappa shape index (κ2) is 8.51. The van der Waals surface area contributed by atoms with Crippen LogP contribution in [0.3, 0.4) is 0 Å². The predicted molar refractivity (Wildman–Crippen MR) is 109 cm³/mol. The molecule has 2 aromatic carbocycles. The van der Waals surface area contributed by atoms with Crippen molar-refractivity contribution in [2.45, 2.75) is 19.9 Å². The molecule has 0 amide bonds. The lowest BCUT2D eigenvalue weighted by atomic mass is 9.99. The van der Waals surface area contributed by atoms with Gasteiger partial charge in [0.2, 0.25) is 0 Å². The summed E-state index contributed by atoms with van der Waals surface area (Å²) in [5.41, 5.74) is 2.91. The van der Waals surface area contributed by atoms with Crippen LogP contribution < -0.4 is 0 Å². The van der Waals surface area contributed by atoms with E-state index in [1.807, 2.05) is 60.2 Å². The third-order valence-corrected chi connectivity index (χ3v) is 4.37. The van der Waals surface area contributed by atoms with E-state index >= 15 is 0 Å². The SMILES string of the molecule is CC=CCc1nc(C=S)nn1Cc1ccc(-c2ccccc2C(=O)O)cc1. The van der Waals surface area contributed by atoms with Crippen LogP contribution in [0, 0.1) is 0 Å². The average Bonchev–Trinajstić information content (AvgIpc) is 3.08. The summed E-state index contributed by atoms with van der Waals surface area (Å²) >= 11 is 4.94. The van der Waals surface area contributed by atoms with Crippen LogP contribution in [0.25, 0.3) is 11.1 Å². The topological polar surface area (TPSA) is 68.0 Å². The number of carboxylic acid groups (broad SMARTS) is 1. The van der Waals surface area contributed by atoms with Gasteiger partial charge in [0.25, 0.3) is 0 Å². The Labute approximate surface area is 163 Å². The molecule has 0 atom stereocenters. The number of benzene rings is 2. The summed E-state index contributed by atoms with van der Waals surface area (Å²) in [6, 6.07) is 14.8. The maximum absolute atomic E-state index is 11.4. The molecule has 0 spiro atoms. The molecule has 6 heteroatoms. The zero-order chi connectivity index (χ0) is 19.2. The Kier molecular flexibility index (Phi) is 5.88. The molecule has 3 aromatic rings. The second-order valence-electron chi connectivity index (χ2n) is 5.98. The Morgan fingerprint density at radius 2 is 1.93 bits per heavy atom. The third-order valence-electron chi connectivity index (χ3n) is 4.16. The lowest BCUT2D eigenvalue weighted by Gasteiger charge is -2.08. The Bertz CT molecular complexity index is 991. The highest BCUT2D eigenvalue weighted by atomic mass is 32.1. The molecule has 1 N–H and O–H groups in total. The molecular weight excluding hydrogens is 358 g/mol. The van der Waals surface area contributed by atoms with Crippen molar-refractivity contribution in [2.24, 2.45) is 0 Å². The molecule has 1 aromatic heterocycles. The Balaban J connectivity index is 1.86. The van der Waals surface area contributed by atoms with E-state index in [9.17, 15) is 9.90 Å². The van der Waals surface area contributed by atoms with Gasteiger partial charge in [0, 0.05) is 11.8 Å². The number of hydrogen-bond acceptors (Lipinski definition) is 4. The zero-order valence-corrected chi connectivity index (χ0v) is 15.7. The highest BCUT2D eigenvalue weighted by Gasteiger charge is 2.11. The lowest BCUT2D eigenvalue weighted by Crippen LogP contribution is -2.06. The van der Waals surface area contributed by atoms with E-state index in [0.717, 1.165) is 17.0 Å². The van der Waals surface area contributed by atoms with Gasteiger partial charge >= 0.3 is 5.97 Å². The van der Waals surface area contributed by atoms with E-state index in [0.29, 0.717) is 29.9 Å². The Hall–Kier alpha value is -3.12. The van der Waals surface area contributed by atoms with Gasteiger partial charge in [-0.25, -0.2) is 14.5 Å². The molecule has 3 rings (SSSR count).